The van der Waals surface area contributed by atoms with E-state index in [1.54, 1.807) is 0 Å². The third-order valence-corrected chi connectivity index (χ3v) is 14.6. The molecule has 4 aliphatic carbocycles. The fraction of sp³-hybridized carbons (Fsp3) is 1.00. The van der Waals surface area contributed by atoms with Crippen molar-refractivity contribution in [1.29, 1.82) is 0 Å². The molecule has 5 rings (SSSR count). The zero-order valence-corrected chi connectivity index (χ0v) is 30.1. The van der Waals surface area contributed by atoms with Crippen molar-refractivity contribution in [2.24, 2.45) is 34.5 Å². The molecule has 0 radical (unpaired) electrons. The van der Waals surface area contributed by atoms with Crippen molar-refractivity contribution in [3.63, 3.8) is 0 Å². The maximum atomic E-state index is 11.2. The summed E-state index contributed by atoms with van der Waals surface area (Å²) in [5.41, 5.74) is 0.102. The first kappa shape index (κ1) is 35.5. The van der Waals surface area contributed by atoms with Gasteiger partial charge in [0.2, 0.25) is 0 Å². The molecular formula is C38H68O5S. The first-order chi connectivity index (χ1) is 20.8. The van der Waals surface area contributed by atoms with Crippen LogP contribution in [0.3, 0.4) is 0 Å². The maximum Gasteiger partial charge on any atom is 0.106 e. The Labute approximate surface area is 274 Å². The second kappa shape index (κ2) is 15.1. The second-order valence-corrected chi connectivity index (χ2v) is 18.8. The fourth-order valence-electron chi connectivity index (χ4n) is 9.70. The third kappa shape index (κ3) is 9.19. The Morgan fingerprint density at radius 3 is 1.41 bits per heavy atom. The highest BCUT2D eigenvalue weighted by molar-refractivity contribution is 8.06. The fourth-order valence-corrected chi connectivity index (χ4v) is 10.1. The van der Waals surface area contributed by atoms with E-state index >= 15 is 0 Å². The van der Waals surface area contributed by atoms with Gasteiger partial charge in [-0.2, -0.15) is 11.8 Å². The number of hydrogen-bond donors (Lipinski definition) is 2. The van der Waals surface area contributed by atoms with Crippen molar-refractivity contribution in [3.05, 3.63) is 0 Å². The number of rotatable bonds is 13. The van der Waals surface area contributed by atoms with E-state index in [-0.39, 0.29) is 18.3 Å². The van der Waals surface area contributed by atoms with Gasteiger partial charge in [0, 0.05) is 11.0 Å². The zero-order chi connectivity index (χ0) is 31.5. The van der Waals surface area contributed by atoms with Gasteiger partial charge in [0.1, 0.15) is 6.10 Å². The number of ether oxygens (including phenoxy) is 3. The molecule has 5 fully saturated rings. The summed E-state index contributed by atoms with van der Waals surface area (Å²) in [6.45, 7) is 15.4. The predicted molar refractivity (Wildman–Crippen MR) is 182 cm³/mol. The molecule has 0 aromatic carbocycles. The molecule has 2 unspecified atom stereocenters. The van der Waals surface area contributed by atoms with Crippen LogP contribution in [0.15, 0.2) is 0 Å². The van der Waals surface area contributed by atoms with Crippen LogP contribution < -0.4 is 0 Å². The quantitative estimate of drug-likeness (QED) is 0.198. The largest absolute Gasteiger partial charge is 0.393 e. The van der Waals surface area contributed by atoms with Crippen LogP contribution in [0.5, 0.6) is 0 Å². The summed E-state index contributed by atoms with van der Waals surface area (Å²) in [6, 6.07) is 0. The van der Waals surface area contributed by atoms with Crippen molar-refractivity contribution in [3.8, 4) is 0 Å². The third-order valence-electron chi connectivity index (χ3n) is 13.6. The standard InChI is InChI=1S/C38H68O5S/c1-36(2,26-7-15-30(39)16-8-26)27-11-19-32(20-12-27)42-24-35(40)38(5,6)43-33-21-13-29(14-22-33)37(3,4)28-9-17-31(18-10-28)41-23-34-25-44-34/h26-35,39-40H,7-25H2,1-6H3. The van der Waals surface area contributed by atoms with Gasteiger partial charge in [0.05, 0.1) is 43.2 Å². The maximum absolute atomic E-state index is 11.2. The first-order valence-electron chi connectivity index (χ1n) is 18.7. The van der Waals surface area contributed by atoms with Gasteiger partial charge in [-0.25, -0.2) is 0 Å². The van der Waals surface area contributed by atoms with E-state index in [0.717, 1.165) is 74.1 Å². The second-order valence-electron chi connectivity index (χ2n) is 17.4. The summed E-state index contributed by atoms with van der Waals surface area (Å²) >= 11 is 2.04. The highest BCUT2D eigenvalue weighted by Crippen LogP contribution is 2.50. The smallest absolute Gasteiger partial charge is 0.106 e. The van der Waals surface area contributed by atoms with Gasteiger partial charge in [-0.15, -0.1) is 0 Å². The highest BCUT2D eigenvalue weighted by atomic mass is 32.2. The summed E-state index contributed by atoms with van der Waals surface area (Å²) in [5.74, 6) is 4.32. The number of hydrogen-bond acceptors (Lipinski definition) is 6. The molecule has 1 aliphatic heterocycles. The van der Waals surface area contributed by atoms with Gasteiger partial charge in [0.25, 0.3) is 0 Å². The lowest BCUT2D eigenvalue weighted by molar-refractivity contribution is -0.170. The molecule has 44 heavy (non-hydrogen) atoms. The zero-order valence-electron chi connectivity index (χ0n) is 29.2. The average Bonchev–Trinajstić information content (AvgIpc) is 3.84. The van der Waals surface area contributed by atoms with Gasteiger partial charge in [0.15, 0.2) is 0 Å². The van der Waals surface area contributed by atoms with E-state index in [2.05, 4.69) is 41.5 Å². The molecule has 1 saturated heterocycles. The summed E-state index contributed by atoms with van der Waals surface area (Å²) in [4.78, 5) is 0. The van der Waals surface area contributed by atoms with E-state index in [0.29, 0.717) is 23.5 Å². The summed E-state index contributed by atoms with van der Waals surface area (Å²) in [7, 11) is 0. The molecule has 1 heterocycles. The van der Waals surface area contributed by atoms with Gasteiger partial charge in [-0.3, -0.25) is 0 Å². The molecule has 0 amide bonds. The molecule has 5 nitrogen and oxygen atoms in total. The van der Waals surface area contributed by atoms with Crippen LogP contribution >= 0.6 is 11.8 Å². The lowest BCUT2D eigenvalue weighted by Crippen LogP contribution is -2.47. The molecule has 256 valence electrons. The van der Waals surface area contributed by atoms with Gasteiger partial charge in [-0.1, -0.05) is 27.7 Å². The Morgan fingerprint density at radius 2 is 0.977 bits per heavy atom. The lowest BCUT2D eigenvalue weighted by atomic mass is 9.60. The molecule has 0 aromatic heterocycles. The SMILES string of the molecule is CC(C)(OC1CCC(C(C)(C)C2CCC(OCC3CS3)CC2)CC1)C(O)COC1CCC(C(C)(C)C2CCC(O)CC2)CC1. The Bertz CT molecular complexity index is 854. The predicted octanol–water partition coefficient (Wildman–Crippen LogP) is 8.57. The van der Waals surface area contributed by atoms with Crippen LogP contribution in [0.1, 0.15) is 144 Å². The van der Waals surface area contributed by atoms with E-state index < -0.39 is 11.7 Å². The molecular weight excluding hydrogens is 568 g/mol. The summed E-state index contributed by atoms with van der Waals surface area (Å²) in [6.07, 6.45) is 18.9. The molecule has 0 spiro atoms. The molecule has 4 saturated carbocycles. The van der Waals surface area contributed by atoms with E-state index in [9.17, 15) is 10.2 Å². The Hall–Kier alpha value is 0.150. The normalized spacial score (nSPS) is 38.3. The Morgan fingerprint density at radius 1 is 0.591 bits per heavy atom. The van der Waals surface area contributed by atoms with Crippen molar-refractivity contribution < 1.29 is 24.4 Å². The Balaban J connectivity index is 0.986. The Kier molecular flexibility index (Phi) is 12.2. The summed E-state index contributed by atoms with van der Waals surface area (Å²) < 4.78 is 19.2. The van der Waals surface area contributed by atoms with Crippen molar-refractivity contribution in [2.45, 2.75) is 186 Å². The number of aliphatic hydroxyl groups is 2. The molecule has 6 heteroatoms. The minimum atomic E-state index is -0.615. The number of thioether (sulfide) groups is 1. The van der Waals surface area contributed by atoms with Crippen LogP contribution in [0.4, 0.5) is 0 Å². The van der Waals surface area contributed by atoms with E-state index in [4.69, 9.17) is 14.2 Å². The van der Waals surface area contributed by atoms with Crippen LogP contribution in [0, 0.1) is 34.5 Å². The molecule has 0 aromatic rings. The monoisotopic (exact) mass is 636 g/mol. The first-order valence-corrected chi connectivity index (χ1v) is 19.8. The van der Waals surface area contributed by atoms with Gasteiger partial charge in [-0.05, 0) is 151 Å². The van der Waals surface area contributed by atoms with Crippen molar-refractivity contribution >= 4 is 11.8 Å². The van der Waals surface area contributed by atoms with Gasteiger partial charge < -0.3 is 24.4 Å². The van der Waals surface area contributed by atoms with Crippen LogP contribution in [0.25, 0.3) is 0 Å². The van der Waals surface area contributed by atoms with E-state index in [1.807, 2.05) is 11.8 Å². The van der Waals surface area contributed by atoms with Crippen molar-refractivity contribution in [1.82, 2.24) is 0 Å². The molecule has 0 bridgehead atoms. The molecule has 2 N–H and O–H groups in total. The molecule has 2 atom stereocenters. The minimum absolute atomic E-state index is 0.0794. The summed E-state index contributed by atoms with van der Waals surface area (Å²) in [5, 5.41) is 21.9. The van der Waals surface area contributed by atoms with Crippen LogP contribution in [0.2, 0.25) is 0 Å². The van der Waals surface area contributed by atoms with Crippen LogP contribution in [-0.4, -0.2) is 70.6 Å². The minimum Gasteiger partial charge on any atom is -0.393 e. The van der Waals surface area contributed by atoms with Crippen molar-refractivity contribution in [2.75, 3.05) is 19.0 Å². The highest BCUT2D eigenvalue weighted by Gasteiger charge is 2.43. The van der Waals surface area contributed by atoms with E-state index in [1.165, 1.54) is 70.0 Å². The lowest BCUT2D eigenvalue weighted by Gasteiger charge is -2.47. The molecule has 5 aliphatic rings. The average molecular weight is 637 g/mol. The number of aliphatic hydroxyl groups excluding tert-OH is 2. The van der Waals surface area contributed by atoms with Gasteiger partial charge >= 0.3 is 0 Å². The topological polar surface area (TPSA) is 68.2 Å². The van der Waals surface area contributed by atoms with Crippen LogP contribution in [-0.2, 0) is 14.2 Å².